The summed E-state index contributed by atoms with van der Waals surface area (Å²) in [5.74, 6) is 0.828. The topological polar surface area (TPSA) is 17.1 Å². The Bertz CT molecular complexity index is 147. The first-order valence-electron chi connectivity index (χ1n) is 3.98. The number of carbonyl (C=O) groups excluding carboxylic acids is 1. The third-order valence-electron chi connectivity index (χ3n) is 2.09. The smallest absolute Gasteiger partial charge is 0.136 e. The largest absolute Gasteiger partial charge is 0.299 e. The van der Waals surface area contributed by atoms with E-state index in [-0.39, 0.29) is 0 Å². The van der Waals surface area contributed by atoms with E-state index < -0.39 is 0 Å². The van der Waals surface area contributed by atoms with E-state index in [4.69, 9.17) is 0 Å². The van der Waals surface area contributed by atoms with Gasteiger partial charge in [-0.1, -0.05) is 12.2 Å². The maximum atomic E-state index is 11.0. The average molecular weight is 138 g/mol. The van der Waals surface area contributed by atoms with Crippen molar-refractivity contribution in [2.75, 3.05) is 0 Å². The van der Waals surface area contributed by atoms with Crippen molar-refractivity contribution in [1.29, 1.82) is 0 Å². The van der Waals surface area contributed by atoms with Gasteiger partial charge in [0, 0.05) is 12.3 Å². The van der Waals surface area contributed by atoms with E-state index in [0.29, 0.717) is 11.7 Å². The zero-order valence-electron chi connectivity index (χ0n) is 6.47. The van der Waals surface area contributed by atoms with Crippen LogP contribution in [0, 0.1) is 5.92 Å². The van der Waals surface area contributed by atoms with Crippen LogP contribution in [0.1, 0.15) is 32.6 Å². The van der Waals surface area contributed by atoms with Crippen LogP contribution in [-0.2, 0) is 4.79 Å². The molecule has 1 aliphatic rings. The zero-order chi connectivity index (χ0) is 7.40. The standard InChI is InChI=1S/C9H14O/c1-2-3-5-8-6-4-7-9(8)10/h2-3,8H,4-7H2,1H3/b3-2+. The molecule has 0 aliphatic heterocycles. The van der Waals surface area contributed by atoms with E-state index in [1.165, 1.54) is 0 Å². The van der Waals surface area contributed by atoms with Gasteiger partial charge < -0.3 is 0 Å². The number of hydrogen-bond donors (Lipinski definition) is 0. The molecule has 0 aromatic rings. The van der Waals surface area contributed by atoms with E-state index in [0.717, 1.165) is 25.7 Å². The summed E-state index contributed by atoms with van der Waals surface area (Å²) < 4.78 is 0. The molecule has 0 saturated heterocycles. The van der Waals surface area contributed by atoms with Crippen molar-refractivity contribution in [2.45, 2.75) is 32.6 Å². The lowest BCUT2D eigenvalue weighted by Crippen LogP contribution is -2.03. The van der Waals surface area contributed by atoms with Crippen LogP contribution in [0.4, 0.5) is 0 Å². The summed E-state index contributed by atoms with van der Waals surface area (Å²) in [7, 11) is 0. The summed E-state index contributed by atoms with van der Waals surface area (Å²) in [5.41, 5.74) is 0. The van der Waals surface area contributed by atoms with Gasteiger partial charge in [0.1, 0.15) is 5.78 Å². The zero-order valence-corrected chi connectivity index (χ0v) is 6.47. The number of hydrogen-bond acceptors (Lipinski definition) is 1. The molecule has 1 fully saturated rings. The fraction of sp³-hybridized carbons (Fsp3) is 0.667. The summed E-state index contributed by atoms with van der Waals surface area (Å²) >= 11 is 0. The van der Waals surface area contributed by atoms with Crippen molar-refractivity contribution in [1.82, 2.24) is 0 Å². The minimum atomic E-state index is 0.358. The maximum Gasteiger partial charge on any atom is 0.136 e. The normalized spacial score (nSPS) is 26.5. The van der Waals surface area contributed by atoms with E-state index in [9.17, 15) is 4.79 Å². The van der Waals surface area contributed by atoms with Crippen molar-refractivity contribution in [3.8, 4) is 0 Å². The van der Waals surface area contributed by atoms with Crippen LogP contribution in [0.2, 0.25) is 0 Å². The van der Waals surface area contributed by atoms with Crippen molar-refractivity contribution in [3.63, 3.8) is 0 Å². The summed E-state index contributed by atoms with van der Waals surface area (Å²) in [4.78, 5) is 11.0. The molecule has 0 N–H and O–H groups in total. The highest BCUT2D eigenvalue weighted by atomic mass is 16.1. The Hall–Kier alpha value is -0.590. The number of ketones is 1. The first-order chi connectivity index (χ1) is 4.84. The summed E-state index contributed by atoms with van der Waals surface area (Å²) in [5, 5.41) is 0. The van der Waals surface area contributed by atoms with Crippen LogP contribution in [0.3, 0.4) is 0 Å². The third kappa shape index (κ3) is 1.69. The van der Waals surface area contributed by atoms with Gasteiger partial charge in [-0.05, 0) is 26.2 Å². The molecule has 1 nitrogen and oxygen atoms in total. The highest BCUT2D eigenvalue weighted by Crippen LogP contribution is 2.24. The van der Waals surface area contributed by atoms with Crippen LogP contribution in [0.15, 0.2) is 12.2 Å². The Balaban J connectivity index is 2.33. The second-order valence-electron chi connectivity index (χ2n) is 2.86. The molecule has 0 aromatic carbocycles. The lowest BCUT2D eigenvalue weighted by atomic mass is 10.0. The second kappa shape index (κ2) is 3.55. The maximum absolute atomic E-state index is 11.0. The molecule has 1 saturated carbocycles. The fourth-order valence-corrected chi connectivity index (χ4v) is 1.44. The molecule has 1 rings (SSSR count). The molecule has 1 unspecified atom stereocenters. The fourth-order valence-electron chi connectivity index (χ4n) is 1.44. The Morgan fingerprint density at radius 2 is 2.50 bits per heavy atom. The van der Waals surface area contributed by atoms with Gasteiger partial charge in [0.05, 0.1) is 0 Å². The van der Waals surface area contributed by atoms with Crippen molar-refractivity contribution < 1.29 is 4.79 Å². The highest BCUT2D eigenvalue weighted by molar-refractivity contribution is 5.82. The molecule has 0 radical (unpaired) electrons. The number of rotatable bonds is 2. The van der Waals surface area contributed by atoms with Gasteiger partial charge in [-0.15, -0.1) is 0 Å². The predicted molar refractivity (Wildman–Crippen MR) is 41.8 cm³/mol. The molecule has 56 valence electrons. The van der Waals surface area contributed by atoms with Crippen molar-refractivity contribution >= 4 is 5.78 Å². The van der Waals surface area contributed by atoms with E-state index >= 15 is 0 Å². The van der Waals surface area contributed by atoms with E-state index in [1.807, 2.05) is 13.0 Å². The molecule has 0 bridgehead atoms. The van der Waals surface area contributed by atoms with Crippen LogP contribution in [-0.4, -0.2) is 5.78 Å². The summed E-state index contributed by atoms with van der Waals surface area (Å²) in [6.45, 7) is 2.00. The highest BCUT2D eigenvalue weighted by Gasteiger charge is 2.22. The Morgan fingerprint density at radius 1 is 1.70 bits per heavy atom. The summed E-state index contributed by atoms with van der Waals surface area (Å²) in [6, 6.07) is 0. The van der Waals surface area contributed by atoms with Gasteiger partial charge in [-0.3, -0.25) is 4.79 Å². The Labute approximate surface area is 62.1 Å². The second-order valence-corrected chi connectivity index (χ2v) is 2.86. The van der Waals surface area contributed by atoms with Gasteiger partial charge in [0.2, 0.25) is 0 Å². The predicted octanol–water partition coefficient (Wildman–Crippen LogP) is 2.32. The van der Waals surface area contributed by atoms with Gasteiger partial charge in [0.15, 0.2) is 0 Å². The minimum absolute atomic E-state index is 0.358. The monoisotopic (exact) mass is 138 g/mol. The molecule has 0 heterocycles. The molecule has 0 amide bonds. The van der Waals surface area contributed by atoms with E-state index in [2.05, 4.69) is 6.08 Å². The first kappa shape index (κ1) is 7.52. The van der Waals surface area contributed by atoms with E-state index in [1.54, 1.807) is 0 Å². The number of allylic oxidation sites excluding steroid dienone is 2. The molecule has 1 aliphatic carbocycles. The van der Waals surface area contributed by atoms with Crippen LogP contribution in [0.5, 0.6) is 0 Å². The van der Waals surface area contributed by atoms with Crippen LogP contribution in [0.25, 0.3) is 0 Å². The summed E-state index contributed by atoms with van der Waals surface area (Å²) in [6.07, 6.45) is 8.13. The van der Waals surface area contributed by atoms with Crippen molar-refractivity contribution in [3.05, 3.63) is 12.2 Å². The van der Waals surface area contributed by atoms with Gasteiger partial charge in [-0.25, -0.2) is 0 Å². The van der Waals surface area contributed by atoms with Crippen molar-refractivity contribution in [2.24, 2.45) is 5.92 Å². The molecular formula is C9H14O. The van der Waals surface area contributed by atoms with Gasteiger partial charge in [0.25, 0.3) is 0 Å². The third-order valence-corrected chi connectivity index (χ3v) is 2.09. The number of Topliss-reactive ketones (excluding diaryl/α,β-unsaturated/α-hetero) is 1. The minimum Gasteiger partial charge on any atom is -0.299 e. The molecule has 0 aromatic heterocycles. The molecule has 10 heavy (non-hydrogen) atoms. The molecule has 1 atom stereocenters. The van der Waals surface area contributed by atoms with Crippen LogP contribution >= 0.6 is 0 Å². The lowest BCUT2D eigenvalue weighted by Gasteiger charge is -2.00. The Morgan fingerprint density at radius 3 is 3.00 bits per heavy atom. The SMILES string of the molecule is C/C=C/CC1CCCC1=O. The van der Waals surface area contributed by atoms with Crippen LogP contribution < -0.4 is 0 Å². The average Bonchev–Trinajstić information content (AvgIpc) is 2.31. The molecule has 0 spiro atoms. The quantitative estimate of drug-likeness (QED) is 0.535. The molecule has 1 heteroatoms. The lowest BCUT2D eigenvalue weighted by molar-refractivity contribution is -0.120. The van der Waals surface area contributed by atoms with Gasteiger partial charge in [-0.2, -0.15) is 0 Å². The number of carbonyl (C=O) groups is 1. The van der Waals surface area contributed by atoms with Gasteiger partial charge >= 0.3 is 0 Å². The molecular weight excluding hydrogens is 124 g/mol. The first-order valence-corrected chi connectivity index (χ1v) is 3.98. The Kier molecular flexibility index (Phi) is 2.67.